The Labute approximate surface area is 150 Å². The maximum atomic E-state index is 12.0. The second-order valence-corrected chi connectivity index (χ2v) is 7.99. The van der Waals surface area contributed by atoms with Gasteiger partial charge < -0.3 is 10.2 Å². The molecule has 1 N–H and O–H groups in total. The fraction of sp³-hybridized carbons (Fsp3) is 0.688. The number of carbonyl (C=O) groups is 1. The zero-order valence-electron chi connectivity index (χ0n) is 13.4. The number of hydrogen-bond acceptors (Lipinski definition) is 5. The van der Waals surface area contributed by atoms with Gasteiger partial charge in [-0.25, -0.2) is 9.97 Å². The van der Waals surface area contributed by atoms with Crippen LogP contribution in [-0.4, -0.2) is 41.3 Å². The van der Waals surface area contributed by atoms with Crippen molar-refractivity contribution in [1.29, 1.82) is 0 Å². The Balaban J connectivity index is 1.50. The third kappa shape index (κ3) is 4.38. The summed E-state index contributed by atoms with van der Waals surface area (Å²) < 4.78 is 0.941. The van der Waals surface area contributed by atoms with E-state index in [1.807, 2.05) is 12.5 Å². The van der Waals surface area contributed by atoms with Crippen molar-refractivity contribution in [1.82, 2.24) is 15.3 Å². The quantitative estimate of drug-likeness (QED) is 0.609. The van der Waals surface area contributed by atoms with Gasteiger partial charge in [0.1, 0.15) is 5.82 Å². The standard InChI is InChI=1S/C16H23BrN4OS/c1-23-16-18-10-13(17)15(20-16)21-7-5-11(6-8-21)9-14(22)19-12-3-2-4-12/h10-12H,2-9H2,1H3,(H,19,22). The summed E-state index contributed by atoms with van der Waals surface area (Å²) in [6, 6.07) is 0.449. The zero-order valence-corrected chi connectivity index (χ0v) is 15.8. The van der Waals surface area contributed by atoms with Crippen LogP contribution in [0.4, 0.5) is 5.82 Å². The molecule has 0 aromatic carbocycles. The van der Waals surface area contributed by atoms with E-state index in [-0.39, 0.29) is 5.91 Å². The smallest absolute Gasteiger partial charge is 0.220 e. The van der Waals surface area contributed by atoms with Crippen LogP contribution in [0.15, 0.2) is 15.8 Å². The number of nitrogens with zero attached hydrogens (tertiary/aromatic N) is 3. The van der Waals surface area contributed by atoms with E-state index in [1.165, 1.54) is 6.42 Å². The monoisotopic (exact) mass is 398 g/mol. The van der Waals surface area contributed by atoms with Gasteiger partial charge in [0, 0.05) is 31.7 Å². The minimum absolute atomic E-state index is 0.237. The first kappa shape index (κ1) is 17.0. The second-order valence-electron chi connectivity index (χ2n) is 6.36. The first-order chi connectivity index (χ1) is 11.2. The number of aromatic nitrogens is 2. The maximum absolute atomic E-state index is 12.0. The normalized spacial score (nSPS) is 19.5. The van der Waals surface area contributed by atoms with Crippen molar-refractivity contribution < 1.29 is 4.79 Å². The first-order valence-corrected chi connectivity index (χ1v) is 10.3. The molecule has 1 amide bonds. The molecule has 1 saturated heterocycles. The van der Waals surface area contributed by atoms with Crippen LogP contribution >= 0.6 is 27.7 Å². The molecule has 23 heavy (non-hydrogen) atoms. The molecule has 0 spiro atoms. The molecule has 2 fully saturated rings. The Morgan fingerprint density at radius 2 is 2.13 bits per heavy atom. The predicted octanol–water partition coefficient (Wildman–Crippen LogP) is 3.24. The zero-order chi connectivity index (χ0) is 16.2. The largest absolute Gasteiger partial charge is 0.356 e. The highest BCUT2D eigenvalue weighted by Crippen LogP contribution is 2.30. The van der Waals surface area contributed by atoms with E-state index in [9.17, 15) is 4.79 Å². The number of halogens is 1. The van der Waals surface area contributed by atoms with Gasteiger partial charge in [-0.3, -0.25) is 4.79 Å². The molecule has 0 radical (unpaired) electrons. The van der Waals surface area contributed by atoms with Gasteiger partial charge in [-0.1, -0.05) is 11.8 Å². The lowest BCUT2D eigenvalue weighted by molar-refractivity contribution is -0.123. The van der Waals surface area contributed by atoms with E-state index in [0.29, 0.717) is 18.4 Å². The molecule has 0 atom stereocenters. The summed E-state index contributed by atoms with van der Waals surface area (Å²) in [7, 11) is 0. The molecule has 5 nitrogen and oxygen atoms in total. The molecule has 2 heterocycles. The number of nitrogens with one attached hydrogen (secondary N) is 1. The van der Waals surface area contributed by atoms with Crippen molar-refractivity contribution in [3.05, 3.63) is 10.7 Å². The van der Waals surface area contributed by atoms with Crippen LogP contribution in [0.2, 0.25) is 0 Å². The van der Waals surface area contributed by atoms with Crippen molar-refractivity contribution in [2.75, 3.05) is 24.2 Å². The molecule has 1 saturated carbocycles. The third-order valence-corrected chi connectivity index (χ3v) is 5.87. The van der Waals surface area contributed by atoms with E-state index < -0.39 is 0 Å². The van der Waals surface area contributed by atoms with E-state index in [0.717, 1.165) is 54.2 Å². The minimum atomic E-state index is 0.237. The Morgan fingerprint density at radius 3 is 2.74 bits per heavy atom. The van der Waals surface area contributed by atoms with Gasteiger partial charge in [0.05, 0.1) is 4.47 Å². The third-order valence-electron chi connectivity index (χ3n) is 4.74. The Hall–Kier alpha value is -0.820. The average Bonchev–Trinajstić information content (AvgIpc) is 2.52. The summed E-state index contributed by atoms with van der Waals surface area (Å²) in [6.07, 6.45) is 10.1. The summed E-state index contributed by atoms with van der Waals surface area (Å²) in [4.78, 5) is 23.2. The lowest BCUT2D eigenvalue weighted by atomic mass is 9.90. The molecule has 1 aliphatic carbocycles. The molecule has 7 heteroatoms. The molecule has 1 aliphatic heterocycles. The fourth-order valence-corrected chi connectivity index (χ4v) is 3.89. The number of anilines is 1. The number of amides is 1. The molecule has 1 aromatic heterocycles. The summed E-state index contributed by atoms with van der Waals surface area (Å²) in [6.45, 7) is 1.90. The van der Waals surface area contributed by atoms with Gasteiger partial charge in [0.25, 0.3) is 0 Å². The number of thioether (sulfide) groups is 1. The summed E-state index contributed by atoms with van der Waals surface area (Å²) in [5, 5.41) is 3.94. The summed E-state index contributed by atoms with van der Waals surface area (Å²) in [5.41, 5.74) is 0. The van der Waals surface area contributed by atoms with Crippen molar-refractivity contribution in [3.63, 3.8) is 0 Å². The molecule has 0 unspecified atom stereocenters. The summed E-state index contributed by atoms with van der Waals surface area (Å²) >= 11 is 5.11. The van der Waals surface area contributed by atoms with Gasteiger partial charge >= 0.3 is 0 Å². The van der Waals surface area contributed by atoms with Crippen molar-refractivity contribution >= 4 is 39.4 Å². The molecule has 3 rings (SSSR count). The highest BCUT2D eigenvalue weighted by atomic mass is 79.9. The molecular weight excluding hydrogens is 376 g/mol. The number of piperidine rings is 1. The fourth-order valence-electron chi connectivity index (χ4n) is 3.11. The lowest BCUT2D eigenvalue weighted by Gasteiger charge is -2.33. The number of rotatable bonds is 5. The summed E-state index contributed by atoms with van der Waals surface area (Å²) in [5.74, 6) is 1.70. The SMILES string of the molecule is CSc1ncc(Br)c(N2CCC(CC(=O)NC3CCC3)CC2)n1. The Kier molecular flexibility index (Phi) is 5.80. The van der Waals surface area contributed by atoms with Gasteiger partial charge in [-0.05, 0) is 60.2 Å². The van der Waals surface area contributed by atoms with Crippen LogP contribution in [0.25, 0.3) is 0 Å². The highest BCUT2D eigenvalue weighted by molar-refractivity contribution is 9.10. The topological polar surface area (TPSA) is 58.1 Å². The molecule has 2 aliphatic rings. The molecule has 0 bridgehead atoms. The lowest BCUT2D eigenvalue weighted by Crippen LogP contribution is -2.41. The van der Waals surface area contributed by atoms with Crippen LogP contribution in [0.1, 0.15) is 38.5 Å². The molecular formula is C16H23BrN4OS. The minimum Gasteiger partial charge on any atom is -0.356 e. The molecule has 1 aromatic rings. The number of hydrogen-bond donors (Lipinski definition) is 1. The first-order valence-electron chi connectivity index (χ1n) is 8.26. The van der Waals surface area contributed by atoms with Crippen LogP contribution < -0.4 is 10.2 Å². The van der Waals surface area contributed by atoms with Gasteiger partial charge in [-0.2, -0.15) is 0 Å². The average molecular weight is 399 g/mol. The molecule has 126 valence electrons. The van der Waals surface area contributed by atoms with E-state index >= 15 is 0 Å². The van der Waals surface area contributed by atoms with Crippen molar-refractivity contribution in [3.8, 4) is 0 Å². The van der Waals surface area contributed by atoms with Crippen LogP contribution in [0.3, 0.4) is 0 Å². The highest BCUT2D eigenvalue weighted by Gasteiger charge is 2.25. The van der Waals surface area contributed by atoms with Gasteiger partial charge in [-0.15, -0.1) is 0 Å². The van der Waals surface area contributed by atoms with Gasteiger partial charge in [0.15, 0.2) is 5.16 Å². The van der Waals surface area contributed by atoms with E-state index in [4.69, 9.17) is 0 Å². The van der Waals surface area contributed by atoms with E-state index in [2.05, 4.69) is 36.1 Å². The van der Waals surface area contributed by atoms with Crippen LogP contribution in [0, 0.1) is 5.92 Å². The van der Waals surface area contributed by atoms with E-state index in [1.54, 1.807) is 11.8 Å². The van der Waals surface area contributed by atoms with Crippen molar-refractivity contribution in [2.45, 2.75) is 49.7 Å². The van der Waals surface area contributed by atoms with Crippen molar-refractivity contribution in [2.24, 2.45) is 5.92 Å². The maximum Gasteiger partial charge on any atom is 0.220 e. The predicted molar refractivity (Wildman–Crippen MR) is 96.8 cm³/mol. The van der Waals surface area contributed by atoms with Gasteiger partial charge in [0.2, 0.25) is 5.91 Å². The number of carbonyl (C=O) groups excluding carboxylic acids is 1. The van der Waals surface area contributed by atoms with Crippen LogP contribution in [0.5, 0.6) is 0 Å². The Morgan fingerprint density at radius 1 is 1.39 bits per heavy atom. The second kappa shape index (κ2) is 7.83. The van der Waals surface area contributed by atoms with Crippen LogP contribution in [-0.2, 0) is 4.79 Å². The Bertz CT molecular complexity index is 559.